The zero-order valence-electron chi connectivity index (χ0n) is 13.7. The average molecular weight is 395 g/mol. The molecule has 0 N–H and O–H groups in total. The normalized spacial score (nSPS) is 14.9. The molecule has 0 saturated carbocycles. The highest BCUT2D eigenvalue weighted by Gasteiger charge is 2.19. The Hall–Kier alpha value is -1.86. The zero-order valence-corrected chi connectivity index (χ0v) is 15.3. The molecular formula is C17H19BrN2O4. The highest BCUT2D eigenvalue weighted by molar-refractivity contribution is 9.08. The number of morpholine rings is 1. The molecule has 1 aromatic carbocycles. The summed E-state index contributed by atoms with van der Waals surface area (Å²) in [4.78, 5) is 28.3. The maximum Gasteiger partial charge on any atom is 0.253 e. The highest BCUT2D eigenvalue weighted by atomic mass is 79.9. The lowest BCUT2D eigenvalue weighted by Gasteiger charge is -2.27. The summed E-state index contributed by atoms with van der Waals surface area (Å²) in [6.07, 6.45) is 0. The molecule has 1 aliphatic heterocycles. The van der Waals surface area contributed by atoms with Crippen LogP contribution in [0, 0.1) is 0 Å². The number of anilines is 1. The Kier molecular flexibility index (Phi) is 4.91. The summed E-state index contributed by atoms with van der Waals surface area (Å²) in [5.41, 5.74) is 1.64. The van der Waals surface area contributed by atoms with Crippen LogP contribution in [0.15, 0.2) is 27.4 Å². The first-order valence-corrected chi connectivity index (χ1v) is 8.84. The van der Waals surface area contributed by atoms with Crippen molar-refractivity contribution in [3.8, 4) is 0 Å². The van der Waals surface area contributed by atoms with Gasteiger partial charge in [-0.2, -0.15) is 0 Å². The lowest BCUT2D eigenvalue weighted by molar-refractivity contribution is 0.0827. The molecule has 0 bridgehead atoms. The second-order valence-corrected chi connectivity index (χ2v) is 6.45. The number of alkyl halides is 1. The fraction of sp³-hybridized carbons (Fsp3) is 0.412. The number of rotatable bonds is 3. The number of benzene rings is 1. The standard InChI is InChI=1S/C17H19BrN2O4/c1-19(2)17(22)11-7-12(10-18)16-13(8-11)14(21)9-15(24-16)20-3-5-23-6-4-20/h7-9H,3-6,10H2,1-2H3. The SMILES string of the molecule is CN(C)C(=O)c1cc(CBr)c2oc(N3CCOCC3)cc(=O)c2c1. The number of carbonyl (C=O) groups excluding carboxylic acids is 1. The molecule has 1 aromatic heterocycles. The van der Waals surface area contributed by atoms with Crippen molar-refractivity contribution in [3.63, 3.8) is 0 Å². The first kappa shape index (κ1) is 17.0. The predicted molar refractivity (Wildman–Crippen MR) is 96.2 cm³/mol. The van der Waals surface area contributed by atoms with Crippen molar-refractivity contribution in [2.45, 2.75) is 5.33 Å². The summed E-state index contributed by atoms with van der Waals surface area (Å²) in [6.45, 7) is 2.61. The summed E-state index contributed by atoms with van der Waals surface area (Å²) in [7, 11) is 3.37. The lowest BCUT2D eigenvalue weighted by Crippen LogP contribution is -2.36. The topological polar surface area (TPSA) is 63.0 Å². The molecule has 6 nitrogen and oxygen atoms in total. The Labute approximate surface area is 148 Å². The predicted octanol–water partition coefficient (Wildman–Crippen LogP) is 2.23. The molecule has 2 heterocycles. The molecule has 0 radical (unpaired) electrons. The summed E-state index contributed by atoms with van der Waals surface area (Å²) >= 11 is 3.42. The Morgan fingerprint density at radius 1 is 1.25 bits per heavy atom. The van der Waals surface area contributed by atoms with Crippen LogP contribution in [0.25, 0.3) is 11.0 Å². The number of amides is 1. The number of hydrogen-bond acceptors (Lipinski definition) is 5. The Morgan fingerprint density at radius 3 is 2.58 bits per heavy atom. The van der Waals surface area contributed by atoms with Gasteiger partial charge in [0.1, 0.15) is 5.58 Å². The van der Waals surface area contributed by atoms with Crippen molar-refractivity contribution in [2.24, 2.45) is 0 Å². The van der Waals surface area contributed by atoms with Gasteiger partial charge >= 0.3 is 0 Å². The molecular weight excluding hydrogens is 376 g/mol. The van der Waals surface area contributed by atoms with Gasteiger partial charge in [-0.25, -0.2) is 0 Å². The van der Waals surface area contributed by atoms with Crippen LogP contribution in [-0.2, 0) is 10.1 Å². The highest BCUT2D eigenvalue weighted by Crippen LogP contribution is 2.26. The minimum atomic E-state index is -0.145. The van der Waals surface area contributed by atoms with E-state index < -0.39 is 0 Å². The van der Waals surface area contributed by atoms with Gasteiger partial charge in [-0.05, 0) is 12.1 Å². The van der Waals surface area contributed by atoms with Gasteiger partial charge in [0.2, 0.25) is 0 Å². The number of fused-ring (bicyclic) bond motifs is 1. The maximum atomic E-state index is 12.6. The summed E-state index contributed by atoms with van der Waals surface area (Å²) in [6, 6.07) is 4.87. The van der Waals surface area contributed by atoms with E-state index in [-0.39, 0.29) is 11.3 Å². The monoisotopic (exact) mass is 394 g/mol. The van der Waals surface area contributed by atoms with E-state index in [1.165, 1.54) is 11.0 Å². The molecule has 0 atom stereocenters. The maximum absolute atomic E-state index is 12.6. The van der Waals surface area contributed by atoms with Gasteiger partial charge in [0, 0.05) is 49.7 Å². The molecule has 3 rings (SSSR count). The van der Waals surface area contributed by atoms with Crippen molar-refractivity contribution in [2.75, 3.05) is 45.3 Å². The minimum absolute atomic E-state index is 0.143. The van der Waals surface area contributed by atoms with Crippen LogP contribution < -0.4 is 10.3 Å². The van der Waals surface area contributed by atoms with E-state index in [1.54, 1.807) is 26.2 Å². The van der Waals surface area contributed by atoms with E-state index in [0.29, 0.717) is 54.1 Å². The van der Waals surface area contributed by atoms with E-state index >= 15 is 0 Å². The third kappa shape index (κ3) is 3.18. The second kappa shape index (κ2) is 6.94. The quantitative estimate of drug-likeness (QED) is 0.746. The molecule has 0 spiro atoms. The van der Waals surface area contributed by atoms with Gasteiger partial charge in [0.15, 0.2) is 11.3 Å². The van der Waals surface area contributed by atoms with Gasteiger partial charge in [0.05, 0.1) is 18.6 Å². The lowest BCUT2D eigenvalue weighted by atomic mass is 10.1. The minimum Gasteiger partial charge on any atom is -0.440 e. The van der Waals surface area contributed by atoms with Crippen molar-refractivity contribution in [1.29, 1.82) is 0 Å². The molecule has 128 valence electrons. The third-order valence-electron chi connectivity index (χ3n) is 4.01. The number of halogens is 1. The molecule has 0 aliphatic carbocycles. The number of hydrogen-bond donors (Lipinski definition) is 0. The fourth-order valence-corrected chi connectivity index (χ4v) is 3.15. The second-order valence-electron chi connectivity index (χ2n) is 5.89. The van der Waals surface area contributed by atoms with Crippen molar-refractivity contribution >= 4 is 38.7 Å². The van der Waals surface area contributed by atoms with Crippen LogP contribution in [0.1, 0.15) is 15.9 Å². The Morgan fingerprint density at radius 2 is 1.96 bits per heavy atom. The van der Waals surface area contributed by atoms with Gasteiger partial charge in [-0.3, -0.25) is 9.59 Å². The van der Waals surface area contributed by atoms with Gasteiger partial charge in [-0.15, -0.1) is 0 Å². The number of carbonyl (C=O) groups is 1. The Bertz CT molecular complexity index is 825. The zero-order chi connectivity index (χ0) is 17.3. The van der Waals surface area contributed by atoms with Gasteiger partial charge < -0.3 is 19.0 Å². The van der Waals surface area contributed by atoms with Crippen molar-refractivity contribution in [1.82, 2.24) is 4.90 Å². The fourth-order valence-electron chi connectivity index (χ4n) is 2.74. The average Bonchev–Trinajstić information content (AvgIpc) is 2.60. The third-order valence-corrected chi connectivity index (χ3v) is 4.62. The molecule has 1 aliphatic rings. The van der Waals surface area contributed by atoms with Crippen LogP contribution in [0.4, 0.5) is 5.88 Å². The van der Waals surface area contributed by atoms with E-state index in [4.69, 9.17) is 9.15 Å². The number of ether oxygens (including phenoxy) is 1. The molecule has 7 heteroatoms. The molecule has 1 amide bonds. The largest absolute Gasteiger partial charge is 0.440 e. The molecule has 1 saturated heterocycles. The van der Waals surface area contributed by atoms with Crippen molar-refractivity contribution < 1.29 is 13.9 Å². The summed E-state index contributed by atoms with van der Waals surface area (Å²) in [5, 5.41) is 0.919. The van der Waals surface area contributed by atoms with Crippen LogP contribution in [0.5, 0.6) is 0 Å². The molecule has 24 heavy (non-hydrogen) atoms. The van der Waals surface area contributed by atoms with Crippen molar-refractivity contribution in [3.05, 3.63) is 39.5 Å². The molecule has 0 unspecified atom stereocenters. The van der Waals surface area contributed by atoms with E-state index in [1.807, 2.05) is 4.90 Å². The summed E-state index contributed by atoms with van der Waals surface area (Å²) < 4.78 is 11.4. The van der Waals surface area contributed by atoms with Crippen LogP contribution in [-0.4, -0.2) is 51.2 Å². The molecule has 2 aromatic rings. The first-order valence-electron chi connectivity index (χ1n) is 7.72. The van der Waals surface area contributed by atoms with Crippen LogP contribution in [0.3, 0.4) is 0 Å². The van der Waals surface area contributed by atoms with Crippen LogP contribution in [0.2, 0.25) is 0 Å². The van der Waals surface area contributed by atoms with E-state index in [9.17, 15) is 9.59 Å². The Balaban J connectivity index is 2.15. The van der Waals surface area contributed by atoms with Gasteiger partial charge in [0.25, 0.3) is 5.91 Å². The van der Waals surface area contributed by atoms with Crippen LogP contribution >= 0.6 is 15.9 Å². The smallest absolute Gasteiger partial charge is 0.253 e. The summed E-state index contributed by atoms with van der Waals surface area (Å²) in [5.74, 6) is 0.403. The first-order chi connectivity index (χ1) is 11.5. The number of nitrogens with zero attached hydrogens (tertiary/aromatic N) is 2. The van der Waals surface area contributed by atoms with Gasteiger partial charge in [-0.1, -0.05) is 15.9 Å². The van der Waals surface area contributed by atoms with E-state index in [0.717, 1.165) is 5.56 Å². The molecule has 1 fully saturated rings. The van der Waals surface area contributed by atoms with E-state index in [2.05, 4.69) is 15.9 Å².